The zero-order valence-corrected chi connectivity index (χ0v) is 10.0. The topological polar surface area (TPSA) is 43.4 Å². The summed E-state index contributed by atoms with van der Waals surface area (Å²) in [7, 11) is -2.51. The van der Waals surface area contributed by atoms with Gasteiger partial charge in [0.25, 0.3) is 10.1 Å². The first-order chi connectivity index (χ1) is 7.53. The fourth-order valence-electron chi connectivity index (χ4n) is 1.45. The molecule has 0 aliphatic heterocycles. The number of fused-ring (bicyclic) bond motifs is 1. The maximum Gasteiger partial charge on any atom is 0.296 e. The third kappa shape index (κ3) is 2.04. The van der Waals surface area contributed by atoms with Crippen LogP contribution in [0.15, 0.2) is 41.3 Å². The van der Waals surface area contributed by atoms with Gasteiger partial charge < -0.3 is 0 Å². The van der Waals surface area contributed by atoms with E-state index < -0.39 is 10.1 Å². The quantitative estimate of drug-likeness (QED) is 0.776. The predicted molar refractivity (Wildman–Crippen MR) is 63.2 cm³/mol. The predicted octanol–water partition coefficient (Wildman–Crippen LogP) is 2.83. The van der Waals surface area contributed by atoms with Gasteiger partial charge in [-0.1, -0.05) is 23.7 Å². The van der Waals surface area contributed by atoms with Crippen molar-refractivity contribution in [3.8, 4) is 0 Å². The Balaban J connectivity index is 2.68. The zero-order valence-electron chi connectivity index (χ0n) is 8.48. The highest BCUT2D eigenvalue weighted by atomic mass is 35.5. The molecule has 0 saturated carbocycles. The molecular formula is C11H9ClO3S. The molecule has 0 aromatic heterocycles. The van der Waals surface area contributed by atoms with Gasteiger partial charge in [0.15, 0.2) is 0 Å². The second kappa shape index (κ2) is 4.05. The lowest BCUT2D eigenvalue weighted by Gasteiger charge is -2.03. The molecule has 2 aromatic carbocycles. The van der Waals surface area contributed by atoms with Crippen LogP contribution in [0.25, 0.3) is 10.8 Å². The maximum absolute atomic E-state index is 11.5. The summed E-state index contributed by atoms with van der Waals surface area (Å²) in [5.74, 6) is 0. The molecule has 0 unspecified atom stereocenters. The van der Waals surface area contributed by atoms with Gasteiger partial charge >= 0.3 is 0 Å². The Bertz CT molecular complexity index is 635. The molecule has 0 spiro atoms. The van der Waals surface area contributed by atoms with Gasteiger partial charge in [-0.05, 0) is 35.0 Å². The largest absolute Gasteiger partial charge is 0.296 e. The van der Waals surface area contributed by atoms with Gasteiger partial charge in [0.2, 0.25) is 0 Å². The molecule has 84 valence electrons. The molecule has 0 atom stereocenters. The van der Waals surface area contributed by atoms with E-state index >= 15 is 0 Å². The highest BCUT2D eigenvalue weighted by molar-refractivity contribution is 7.86. The second-order valence-electron chi connectivity index (χ2n) is 3.27. The smallest absolute Gasteiger partial charge is 0.270 e. The SMILES string of the molecule is COS(=O)(=O)c1ccc2ccc(Cl)cc2c1. The highest BCUT2D eigenvalue weighted by Crippen LogP contribution is 2.23. The molecular weight excluding hydrogens is 248 g/mol. The highest BCUT2D eigenvalue weighted by Gasteiger charge is 2.12. The molecule has 0 heterocycles. The van der Waals surface area contributed by atoms with E-state index in [9.17, 15) is 8.42 Å². The number of halogens is 1. The normalized spacial score (nSPS) is 11.9. The zero-order chi connectivity index (χ0) is 11.8. The lowest BCUT2D eigenvalue weighted by molar-refractivity contribution is 0.398. The number of rotatable bonds is 2. The van der Waals surface area contributed by atoms with Crippen LogP contribution in [-0.2, 0) is 14.3 Å². The van der Waals surface area contributed by atoms with Crippen molar-refractivity contribution in [2.24, 2.45) is 0 Å². The molecule has 0 saturated heterocycles. The minimum absolute atomic E-state index is 0.129. The molecule has 3 nitrogen and oxygen atoms in total. The molecule has 0 bridgehead atoms. The molecule has 0 aliphatic rings. The van der Waals surface area contributed by atoms with Crippen molar-refractivity contribution >= 4 is 32.5 Å². The molecule has 0 amide bonds. The molecule has 0 N–H and O–H groups in total. The van der Waals surface area contributed by atoms with Crippen LogP contribution < -0.4 is 0 Å². The van der Waals surface area contributed by atoms with Gasteiger partial charge in [0, 0.05) is 5.02 Å². The number of hydrogen-bond acceptors (Lipinski definition) is 3. The summed E-state index contributed by atoms with van der Waals surface area (Å²) in [6.07, 6.45) is 0. The summed E-state index contributed by atoms with van der Waals surface area (Å²) in [6, 6.07) is 10.1. The molecule has 16 heavy (non-hydrogen) atoms. The van der Waals surface area contributed by atoms with Crippen LogP contribution in [0.4, 0.5) is 0 Å². The summed E-state index contributed by atoms with van der Waals surface area (Å²) in [6.45, 7) is 0. The van der Waals surface area contributed by atoms with Crippen LogP contribution >= 0.6 is 11.6 Å². The fourth-order valence-corrected chi connectivity index (χ4v) is 2.33. The van der Waals surface area contributed by atoms with E-state index in [-0.39, 0.29) is 4.90 Å². The van der Waals surface area contributed by atoms with E-state index in [1.165, 1.54) is 6.07 Å². The Morgan fingerprint density at radius 2 is 1.75 bits per heavy atom. The average Bonchev–Trinajstić information content (AvgIpc) is 2.28. The summed E-state index contributed by atoms with van der Waals surface area (Å²) in [5, 5.41) is 2.27. The van der Waals surface area contributed by atoms with Crippen molar-refractivity contribution in [3.63, 3.8) is 0 Å². The Hall–Kier alpha value is -1.10. The molecule has 0 fully saturated rings. The van der Waals surface area contributed by atoms with Crippen LogP contribution in [0.2, 0.25) is 5.02 Å². The van der Waals surface area contributed by atoms with Gasteiger partial charge in [-0.25, -0.2) is 0 Å². The van der Waals surface area contributed by atoms with Gasteiger partial charge in [0.05, 0.1) is 12.0 Å². The molecule has 0 radical (unpaired) electrons. The van der Waals surface area contributed by atoms with E-state index in [2.05, 4.69) is 4.18 Å². The number of benzene rings is 2. The van der Waals surface area contributed by atoms with Crippen LogP contribution in [0.3, 0.4) is 0 Å². The minimum atomic E-state index is -3.65. The Morgan fingerprint density at radius 1 is 1.06 bits per heavy atom. The van der Waals surface area contributed by atoms with Crippen LogP contribution in [0, 0.1) is 0 Å². The molecule has 0 aliphatic carbocycles. The molecule has 2 aromatic rings. The van der Waals surface area contributed by atoms with Crippen molar-refractivity contribution in [2.75, 3.05) is 7.11 Å². The van der Waals surface area contributed by atoms with Gasteiger partial charge in [0.1, 0.15) is 0 Å². The average molecular weight is 257 g/mol. The second-order valence-corrected chi connectivity index (χ2v) is 5.42. The Morgan fingerprint density at radius 3 is 2.44 bits per heavy atom. The first-order valence-corrected chi connectivity index (χ1v) is 6.31. The van der Waals surface area contributed by atoms with E-state index in [1.54, 1.807) is 24.3 Å². The van der Waals surface area contributed by atoms with Crippen LogP contribution in [0.5, 0.6) is 0 Å². The molecule has 2 rings (SSSR count). The third-order valence-corrected chi connectivity index (χ3v) is 3.79. The van der Waals surface area contributed by atoms with Gasteiger partial charge in [-0.15, -0.1) is 0 Å². The standard InChI is InChI=1S/C11H9ClO3S/c1-15-16(13,14)11-5-3-8-2-4-10(12)6-9(8)7-11/h2-7H,1H3. The lowest BCUT2D eigenvalue weighted by Crippen LogP contribution is -2.02. The first kappa shape index (κ1) is 11.4. The van der Waals surface area contributed by atoms with Crippen LogP contribution in [-0.4, -0.2) is 15.5 Å². The van der Waals surface area contributed by atoms with E-state index in [0.29, 0.717) is 5.02 Å². The van der Waals surface area contributed by atoms with Crippen molar-refractivity contribution in [1.29, 1.82) is 0 Å². The van der Waals surface area contributed by atoms with E-state index in [0.717, 1.165) is 17.9 Å². The van der Waals surface area contributed by atoms with Crippen molar-refractivity contribution in [2.45, 2.75) is 4.90 Å². The van der Waals surface area contributed by atoms with Crippen molar-refractivity contribution in [1.82, 2.24) is 0 Å². The monoisotopic (exact) mass is 256 g/mol. The fraction of sp³-hybridized carbons (Fsp3) is 0.0909. The van der Waals surface area contributed by atoms with Gasteiger partial charge in [-0.2, -0.15) is 8.42 Å². The maximum atomic E-state index is 11.5. The number of hydrogen-bond donors (Lipinski definition) is 0. The Kier molecular flexibility index (Phi) is 2.88. The summed E-state index contributed by atoms with van der Waals surface area (Å²) in [4.78, 5) is 0.129. The van der Waals surface area contributed by atoms with Crippen molar-refractivity contribution in [3.05, 3.63) is 41.4 Å². The summed E-state index contributed by atoms with van der Waals surface area (Å²) in [5.41, 5.74) is 0. The van der Waals surface area contributed by atoms with E-state index in [4.69, 9.17) is 11.6 Å². The third-order valence-electron chi connectivity index (χ3n) is 2.28. The first-order valence-electron chi connectivity index (χ1n) is 4.53. The van der Waals surface area contributed by atoms with Gasteiger partial charge in [-0.3, -0.25) is 4.18 Å². The summed E-state index contributed by atoms with van der Waals surface area (Å²) >= 11 is 5.84. The molecule has 5 heteroatoms. The van der Waals surface area contributed by atoms with Crippen LogP contribution in [0.1, 0.15) is 0 Å². The van der Waals surface area contributed by atoms with E-state index in [1.807, 2.05) is 6.07 Å². The minimum Gasteiger partial charge on any atom is -0.270 e. The Labute approximate surface area is 98.7 Å². The summed E-state index contributed by atoms with van der Waals surface area (Å²) < 4.78 is 27.4. The lowest BCUT2D eigenvalue weighted by atomic mass is 10.1. The van der Waals surface area contributed by atoms with Crippen molar-refractivity contribution < 1.29 is 12.6 Å².